The van der Waals surface area contributed by atoms with Gasteiger partial charge in [0.1, 0.15) is 0 Å². The largest absolute Gasteiger partial charge is 0.329 e. The van der Waals surface area contributed by atoms with Gasteiger partial charge in [0.15, 0.2) is 0 Å². The molecule has 2 N–H and O–H groups in total. The van der Waals surface area contributed by atoms with Gasteiger partial charge in [-0.05, 0) is 38.8 Å². The quantitative estimate of drug-likeness (QED) is 0.663. The predicted molar refractivity (Wildman–Crippen MR) is 62.3 cm³/mol. The molecule has 2 heteroatoms. The molecule has 0 bridgehead atoms. The Bertz CT molecular complexity index is 162. The fraction of sp³-hybridized carbons (Fsp3) is 1.00. The van der Waals surface area contributed by atoms with Gasteiger partial charge >= 0.3 is 0 Å². The van der Waals surface area contributed by atoms with Crippen LogP contribution in [0.2, 0.25) is 0 Å². The molecule has 0 atom stereocenters. The van der Waals surface area contributed by atoms with Gasteiger partial charge in [-0.3, -0.25) is 4.90 Å². The predicted octanol–water partition coefficient (Wildman–Crippen LogP) is 2.24. The van der Waals surface area contributed by atoms with Crippen molar-refractivity contribution in [2.75, 3.05) is 20.1 Å². The van der Waals surface area contributed by atoms with Crippen molar-refractivity contribution in [1.29, 1.82) is 0 Å². The summed E-state index contributed by atoms with van der Waals surface area (Å²) >= 11 is 0. The molecule has 1 rings (SSSR count). The standard InChI is InChI=1S/C12H26N2/c1-4-5-6-7-14(3)12(10-13)8-11(2)9-12/h11H,4-10,13H2,1-3H3. The Morgan fingerprint density at radius 1 is 1.36 bits per heavy atom. The first-order valence-electron chi connectivity index (χ1n) is 6.06. The maximum atomic E-state index is 5.89. The number of rotatable bonds is 6. The van der Waals surface area contributed by atoms with Gasteiger partial charge < -0.3 is 5.73 Å². The van der Waals surface area contributed by atoms with Crippen LogP contribution >= 0.6 is 0 Å². The van der Waals surface area contributed by atoms with Gasteiger partial charge in [-0.25, -0.2) is 0 Å². The first kappa shape index (κ1) is 12.0. The molecule has 0 radical (unpaired) electrons. The molecule has 1 aliphatic carbocycles. The minimum absolute atomic E-state index is 0.354. The van der Waals surface area contributed by atoms with Crippen molar-refractivity contribution in [1.82, 2.24) is 4.90 Å². The number of nitrogens with zero attached hydrogens (tertiary/aromatic N) is 1. The minimum atomic E-state index is 0.354. The molecule has 0 heterocycles. The fourth-order valence-corrected chi connectivity index (χ4v) is 2.71. The van der Waals surface area contributed by atoms with Crippen LogP contribution in [0.1, 0.15) is 46.0 Å². The van der Waals surface area contributed by atoms with E-state index in [0.29, 0.717) is 5.54 Å². The lowest BCUT2D eigenvalue weighted by molar-refractivity contribution is 0.00492. The van der Waals surface area contributed by atoms with Crippen molar-refractivity contribution < 1.29 is 0 Å². The van der Waals surface area contributed by atoms with E-state index in [1.165, 1.54) is 38.6 Å². The van der Waals surface area contributed by atoms with Gasteiger partial charge in [0, 0.05) is 12.1 Å². The van der Waals surface area contributed by atoms with E-state index in [-0.39, 0.29) is 0 Å². The summed E-state index contributed by atoms with van der Waals surface area (Å²) in [4.78, 5) is 2.50. The molecule has 0 spiro atoms. The Kier molecular flexibility index (Phi) is 4.39. The molecule has 2 nitrogen and oxygen atoms in total. The van der Waals surface area contributed by atoms with Crippen molar-refractivity contribution in [3.8, 4) is 0 Å². The SMILES string of the molecule is CCCCCN(C)C1(CN)CC(C)C1. The third-order valence-electron chi connectivity index (χ3n) is 3.74. The van der Waals surface area contributed by atoms with Crippen molar-refractivity contribution in [2.24, 2.45) is 11.7 Å². The maximum Gasteiger partial charge on any atom is 0.0333 e. The molecule has 1 aliphatic rings. The van der Waals surface area contributed by atoms with E-state index in [1.54, 1.807) is 0 Å². The van der Waals surface area contributed by atoms with Gasteiger partial charge in [-0.2, -0.15) is 0 Å². The molecule has 1 fully saturated rings. The zero-order chi connectivity index (χ0) is 10.6. The molecular formula is C12H26N2. The van der Waals surface area contributed by atoms with Crippen molar-refractivity contribution in [3.05, 3.63) is 0 Å². The Hall–Kier alpha value is -0.0800. The highest BCUT2D eigenvalue weighted by molar-refractivity contribution is 5.01. The summed E-state index contributed by atoms with van der Waals surface area (Å²) in [6.07, 6.45) is 6.57. The van der Waals surface area contributed by atoms with E-state index >= 15 is 0 Å². The van der Waals surface area contributed by atoms with Crippen LogP contribution in [0.25, 0.3) is 0 Å². The van der Waals surface area contributed by atoms with E-state index in [0.717, 1.165) is 12.5 Å². The van der Waals surface area contributed by atoms with Crippen LogP contribution < -0.4 is 5.73 Å². The monoisotopic (exact) mass is 198 g/mol. The summed E-state index contributed by atoms with van der Waals surface area (Å²) in [6, 6.07) is 0. The number of likely N-dealkylation sites (N-methyl/N-ethyl adjacent to an activating group) is 1. The normalized spacial score (nSPS) is 31.9. The summed E-state index contributed by atoms with van der Waals surface area (Å²) in [5.74, 6) is 0.882. The second-order valence-electron chi connectivity index (χ2n) is 5.07. The van der Waals surface area contributed by atoms with E-state index < -0.39 is 0 Å². The Labute approximate surface area is 88.8 Å². The lowest BCUT2D eigenvalue weighted by Gasteiger charge is -2.52. The Balaban J connectivity index is 2.30. The molecule has 14 heavy (non-hydrogen) atoms. The summed E-state index contributed by atoms with van der Waals surface area (Å²) in [7, 11) is 2.24. The van der Waals surface area contributed by atoms with E-state index in [9.17, 15) is 0 Å². The molecule has 0 aromatic heterocycles. The van der Waals surface area contributed by atoms with Crippen LogP contribution in [0, 0.1) is 5.92 Å². The minimum Gasteiger partial charge on any atom is -0.329 e. The number of unbranched alkanes of at least 4 members (excludes halogenated alkanes) is 2. The first-order valence-corrected chi connectivity index (χ1v) is 6.06. The highest BCUT2D eigenvalue weighted by Gasteiger charge is 2.43. The van der Waals surface area contributed by atoms with Crippen molar-refractivity contribution in [2.45, 2.75) is 51.5 Å². The number of nitrogens with two attached hydrogens (primary N) is 1. The Morgan fingerprint density at radius 2 is 2.00 bits per heavy atom. The average molecular weight is 198 g/mol. The van der Waals surface area contributed by atoms with Gasteiger partial charge in [0.25, 0.3) is 0 Å². The smallest absolute Gasteiger partial charge is 0.0333 e. The Morgan fingerprint density at radius 3 is 2.43 bits per heavy atom. The van der Waals surface area contributed by atoms with E-state index in [1.807, 2.05) is 0 Å². The van der Waals surface area contributed by atoms with Crippen LogP contribution in [0.4, 0.5) is 0 Å². The molecule has 0 aromatic carbocycles. The molecule has 0 aliphatic heterocycles. The highest BCUT2D eigenvalue weighted by Crippen LogP contribution is 2.40. The van der Waals surface area contributed by atoms with E-state index in [4.69, 9.17) is 5.73 Å². The summed E-state index contributed by atoms with van der Waals surface area (Å²) in [5, 5.41) is 0. The van der Waals surface area contributed by atoms with Crippen LogP contribution in [0.5, 0.6) is 0 Å². The second-order valence-corrected chi connectivity index (χ2v) is 5.07. The second kappa shape index (κ2) is 5.13. The molecular weight excluding hydrogens is 172 g/mol. The van der Waals surface area contributed by atoms with E-state index in [2.05, 4.69) is 25.8 Å². The lowest BCUT2D eigenvalue weighted by Crippen LogP contribution is -2.60. The van der Waals surface area contributed by atoms with Crippen LogP contribution in [0.15, 0.2) is 0 Å². The highest BCUT2D eigenvalue weighted by atomic mass is 15.2. The van der Waals surface area contributed by atoms with Crippen molar-refractivity contribution >= 4 is 0 Å². The molecule has 84 valence electrons. The molecule has 1 saturated carbocycles. The maximum absolute atomic E-state index is 5.89. The first-order chi connectivity index (χ1) is 6.64. The third kappa shape index (κ3) is 2.48. The summed E-state index contributed by atoms with van der Waals surface area (Å²) in [5.41, 5.74) is 6.25. The number of hydrogen-bond acceptors (Lipinski definition) is 2. The zero-order valence-electron chi connectivity index (χ0n) is 10.1. The van der Waals surface area contributed by atoms with Gasteiger partial charge in [0.05, 0.1) is 0 Å². The molecule has 0 unspecified atom stereocenters. The number of hydrogen-bond donors (Lipinski definition) is 1. The average Bonchev–Trinajstić information content (AvgIpc) is 2.12. The molecule has 0 saturated heterocycles. The third-order valence-corrected chi connectivity index (χ3v) is 3.74. The summed E-state index contributed by atoms with van der Waals surface area (Å²) < 4.78 is 0. The summed E-state index contributed by atoms with van der Waals surface area (Å²) in [6.45, 7) is 6.63. The zero-order valence-corrected chi connectivity index (χ0v) is 10.1. The molecule has 0 aromatic rings. The topological polar surface area (TPSA) is 29.3 Å². The van der Waals surface area contributed by atoms with Crippen molar-refractivity contribution in [3.63, 3.8) is 0 Å². The van der Waals surface area contributed by atoms with Gasteiger partial charge in [-0.1, -0.05) is 26.7 Å². The fourth-order valence-electron chi connectivity index (χ4n) is 2.71. The van der Waals surface area contributed by atoms with Gasteiger partial charge in [-0.15, -0.1) is 0 Å². The van der Waals surface area contributed by atoms with Gasteiger partial charge in [0.2, 0.25) is 0 Å². The van der Waals surface area contributed by atoms with Crippen LogP contribution in [0.3, 0.4) is 0 Å². The van der Waals surface area contributed by atoms with Crippen LogP contribution in [-0.4, -0.2) is 30.6 Å². The van der Waals surface area contributed by atoms with Crippen LogP contribution in [-0.2, 0) is 0 Å². The lowest BCUT2D eigenvalue weighted by atomic mass is 9.68. The molecule has 0 amide bonds.